The Morgan fingerprint density at radius 2 is 2.06 bits per heavy atom. The fourth-order valence-electron chi connectivity index (χ4n) is 1.75. The summed E-state index contributed by atoms with van der Waals surface area (Å²) in [5, 5.41) is 3.10. The smallest absolute Gasteiger partial charge is 0.261 e. The van der Waals surface area contributed by atoms with Crippen molar-refractivity contribution in [3.8, 4) is 0 Å². The number of amides is 1. The molecular formula is C14H22ClNOS. The molecule has 0 aliphatic carbocycles. The molecule has 1 N–H and O–H groups in total. The van der Waals surface area contributed by atoms with Crippen LogP contribution in [0, 0.1) is 19.3 Å². The van der Waals surface area contributed by atoms with Crippen LogP contribution < -0.4 is 5.32 Å². The molecule has 0 saturated heterocycles. The molecule has 1 rings (SSSR count). The van der Waals surface area contributed by atoms with Gasteiger partial charge in [-0.1, -0.05) is 20.8 Å². The van der Waals surface area contributed by atoms with Gasteiger partial charge in [0.15, 0.2) is 0 Å². The van der Waals surface area contributed by atoms with E-state index >= 15 is 0 Å². The summed E-state index contributed by atoms with van der Waals surface area (Å²) in [7, 11) is 0. The number of nitrogens with one attached hydrogen (secondary N) is 1. The number of halogens is 1. The van der Waals surface area contributed by atoms with E-state index in [1.54, 1.807) is 11.3 Å². The van der Waals surface area contributed by atoms with Crippen molar-refractivity contribution in [1.29, 1.82) is 0 Å². The first-order valence-electron chi connectivity index (χ1n) is 6.19. The van der Waals surface area contributed by atoms with Crippen LogP contribution >= 0.6 is 22.9 Å². The number of carbonyl (C=O) groups excluding carboxylic acids is 1. The molecule has 1 heterocycles. The summed E-state index contributed by atoms with van der Waals surface area (Å²) in [6.45, 7) is 10.4. The van der Waals surface area contributed by atoms with Crippen LogP contribution in [0.2, 0.25) is 0 Å². The quantitative estimate of drug-likeness (QED) is 0.829. The minimum atomic E-state index is 0.0150. The van der Waals surface area contributed by atoms with Crippen molar-refractivity contribution < 1.29 is 4.79 Å². The summed E-state index contributed by atoms with van der Waals surface area (Å²) in [5.41, 5.74) is 1.20. The van der Waals surface area contributed by atoms with Crippen molar-refractivity contribution in [3.63, 3.8) is 0 Å². The summed E-state index contributed by atoms with van der Waals surface area (Å²) in [6, 6.07) is 2.06. The zero-order valence-corrected chi connectivity index (χ0v) is 13.3. The Balaban J connectivity index is 2.78. The number of hydrogen-bond donors (Lipinski definition) is 1. The van der Waals surface area contributed by atoms with E-state index in [9.17, 15) is 4.79 Å². The first-order chi connectivity index (χ1) is 8.25. The fraction of sp³-hybridized carbons (Fsp3) is 0.643. The normalized spacial score (nSPS) is 13.4. The van der Waals surface area contributed by atoms with E-state index in [1.165, 1.54) is 10.4 Å². The lowest BCUT2D eigenvalue weighted by molar-refractivity contribution is 0.0904. The molecule has 0 radical (unpaired) electrons. The standard InChI is InChI=1S/C14H22ClNOS/c1-9-8-11(18-10(9)2)13(17)16-12(6-7-15)14(3,4)5/h8,12H,6-7H2,1-5H3,(H,16,17). The number of carbonyl (C=O) groups is 1. The zero-order valence-electron chi connectivity index (χ0n) is 11.8. The van der Waals surface area contributed by atoms with Crippen LogP contribution in [0.3, 0.4) is 0 Å². The third-order valence-electron chi connectivity index (χ3n) is 3.14. The molecule has 1 aromatic heterocycles. The molecule has 0 bridgehead atoms. The molecule has 1 unspecified atom stereocenters. The van der Waals surface area contributed by atoms with Crippen LogP contribution in [0.25, 0.3) is 0 Å². The van der Waals surface area contributed by atoms with Crippen LogP contribution in [0.1, 0.15) is 47.3 Å². The lowest BCUT2D eigenvalue weighted by Crippen LogP contribution is -2.43. The topological polar surface area (TPSA) is 29.1 Å². The second kappa shape index (κ2) is 6.07. The van der Waals surface area contributed by atoms with Crippen molar-refractivity contribution in [3.05, 3.63) is 21.4 Å². The summed E-state index contributed by atoms with van der Waals surface area (Å²) < 4.78 is 0. The van der Waals surface area contributed by atoms with Gasteiger partial charge in [-0.05, 0) is 37.3 Å². The summed E-state index contributed by atoms with van der Waals surface area (Å²) in [5.74, 6) is 0.575. The average Bonchev–Trinajstić information content (AvgIpc) is 2.57. The molecule has 2 nitrogen and oxygen atoms in total. The van der Waals surface area contributed by atoms with E-state index in [0.29, 0.717) is 5.88 Å². The first-order valence-corrected chi connectivity index (χ1v) is 7.54. The second-order valence-corrected chi connectivity index (χ2v) is 7.35. The van der Waals surface area contributed by atoms with Crippen LogP contribution in [-0.2, 0) is 0 Å². The number of alkyl halides is 1. The Hall–Kier alpha value is -0.540. The maximum Gasteiger partial charge on any atom is 0.261 e. The molecule has 102 valence electrons. The Kier molecular flexibility index (Phi) is 5.23. The van der Waals surface area contributed by atoms with Crippen molar-refractivity contribution >= 4 is 28.8 Å². The Morgan fingerprint density at radius 3 is 2.44 bits per heavy atom. The molecule has 0 fully saturated rings. The molecule has 0 spiro atoms. The number of aryl methyl sites for hydroxylation is 2. The highest BCUT2D eigenvalue weighted by Gasteiger charge is 2.26. The van der Waals surface area contributed by atoms with Crippen molar-refractivity contribution in [2.45, 2.75) is 47.1 Å². The second-order valence-electron chi connectivity index (χ2n) is 5.72. The van der Waals surface area contributed by atoms with Gasteiger partial charge in [0, 0.05) is 16.8 Å². The summed E-state index contributed by atoms with van der Waals surface area (Å²) in [4.78, 5) is 14.2. The molecule has 1 amide bonds. The van der Waals surface area contributed by atoms with Crippen LogP contribution in [-0.4, -0.2) is 17.8 Å². The monoisotopic (exact) mass is 287 g/mol. The van der Waals surface area contributed by atoms with Gasteiger partial charge >= 0.3 is 0 Å². The van der Waals surface area contributed by atoms with Crippen LogP contribution in [0.4, 0.5) is 0 Å². The highest BCUT2D eigenvalue weighted by atomic mass is 35.5. The van der Waals surface area contributed by atoms with Crippen molar-refractivity contribution in [2.24, 2.45) is 5.41 Å². The highest BCUT2D eigenvalue weighted by molar-refractivity contribution is 7.14. The molecule has 1 aromatic rings. The predicted molar refractivity (Wildman–Crippen MR) is 79.8 cm³/mol. The highest BCUT2D eigenvalue weighted by Crippen LogP contribution is 2.25. The minimum absolute atomic E-state index is 0.0150. The first kappa shape index (κ1) is 15.5. The van der Waals surface area contributed by atoms with Gasteiger partial charge in [0.25, 0.3) is 5.91 Å². The Morgan fingerprint density at radius 1 is 1.44 bits per heavy atom. The Labute approximate surface area is 119 Å². The lowest BCUT2D eigenvalue weighted by atomic mass is 9.85. The average molecular weight is 288 g/mol. The van der Waals surface area contributed by atoms with Gasteiger partial charge in [0.05, 0.1) is 4.88 Å². The molecule has 0 saturated carbocycles. The predicted octanol–water partition coefficient (Wildman–Crippen LogP) is 4.14. The van der Waals surface area contributed by atoms with E-state index in [-0.39, 0.29) is 17.4 Å². The van der Waals surface area contributed by atoms with Crippen molar-refractivity contribution in [2.75, 3.05) is 5.88 Å². The third kappa shape index (κ3) is 3.99. The minimum Gasteiger partial charge on any atom is -0.348 e. The van der Waals surface area contributed by atoms with E-state index in [1.807, 2.05) is 19.9 Å². The molecule has 18 heavy (non-hydrogen) atoms. The fourth-order valence-corrected chi connectivity index (χ4v) is 2.90. The molecular weight excluding hydrogens is 266 g/mol. The molecule has 1 atom stereocenters. The van der Waals surface area contributed by atoms with Crippen molar-refractivity contribution in [1.82, 2.24) is 5.32 Å². The maximum atomic E-state index is 12.2. The third-order valence-corrected chi connectivity index (χ3v) is 4.51. The van der Waals surface area contributed by atoms with Crippen LogP contribution in [0.5, 0.6) is 0 Å². The number of thiophene rings is 1. The molecule has 4 heteroatoms. The Bertz CT molecular complexity index is 400. The van der Waals surface area contributed by atoms with E-state index < -0.39 is 0 Å². The van der Waals surface area contributed by atoms with Crippen LogP contribution in [0.15, 0.2) is 6.07 Å². The maximum absolute atomic E-state index is 12.2. The van der Waals surface area contributed by atoms with Gasteiger partial charge in [-0.3, -0.25) is 4.79 Å². The summed E-state index contributed by atoms with van der Waals surface area (Å²) >= 11 is 7.36. The van der Waals surface area contributed by atoms with Gasteiger partial charge in [0.1, 0.15) is 0 Å². The van der Waals surface area contributed by atoms with Gasteiger partial charge in [0.2, 0.25) is 0 Å². The largest absolute Gasteiger partial charge is 0.348 e. The zero-order chi connectivity index (χ0) is 13.9. The summed E-state index contributed by atoms with van der Waals surface area (Å²) in [6.07, 6.45) is 0.792. The lowest BCUT2D eigenvalue weighted by Gasteiger charge is -2.30. The van der Waals surface area contributed by atoms with E-state index in [2.05, 4.69) is 26.1 Å². The molecule has 0 aliphatic rings. The van der Waals surface area contributed by atoms with E-state index in [0.717, 1.165) is 11.3 Å². The number of hydrogen-bond acceptors (Lipinski definition) is 2. The molecule has 0 aliphatic heterocycles. The van der Waals surface area contributed by atoms with Gasteiger partial charge in [-0.25, -0.2) is 0 Å². The van der Waals surface area contributed by atoms with Gasteiger partial charge < -0.3 is 5.32 Å². The van der Waals surface area contributed by atoms with Gasteiger partial charge in [-0.15, -0.1) is 22.9 Å². The SMILES string of the molecule is Cc1cc(C(=O)NC(CCCl)C(C)(C)C)sc1C. The number of rotatable bonds is 4. The molecule has 0 aromatic carbocycles. The van der Waals surface area contributed by atoms with E-state index in [4.69, 9.17) is 11.6 Å². The van der Waals surface area contributed by atoms with Gasteiger partial charge in [-0.2, -0.15) is 0 Å².